The van der Waals surface area contributed by atoms with Crippen molar-refractivity contribution in [2.75, 3.05) is 0 Å². The van der Waals surface area contributed by atoms with Crippen molar-refractivity contribution in [3.05, 3.63) is 63.9 Å². The topological polar surface area (TPSA) is 33.1 Å². The van der Waals surface area contributed by atoms with Crippen LogP contribution in [0.5, 0.6) is 0 Å². The third kappa shape index (κ3) is 3.19. The molecule has 1 heterocycles. The van der Waals surface area contributed by atoms with Gasteiger partial charge in [0.25, 0.3) is 0 Å². The largest absolute Gasteiger partial charge is 0.388 e. The lowest BCUT2D eigenvalue weighted by Gasteiger charge is -2.11. The van der Waals surface area contributed by atoms with Gasteiger partial charge in [-0.1, -0.05) is 53.5 Å². The Morgan fingerprint density at radius 2 is 1.88 bits per heavy atom. The zero-order chi connectivity index (χ0) is 12.3. The zero-order valence-corrected chi connectivity index (χ0v) is 10.5. The van der Waals surface area contributed by atoms with Crippen molar-refractivity contribution in [2.45, 2.75) is 12.5 Å². The number of rotatable bonds is 3. The molecule has 0 radical (unpaired) electrons. The van der Waals surface area contributed by atoms with Crippen molar-refractivity contribution < 1.29 is 5.11 Å². The van der Waals surface area contributed by atoms with Crippen LogP contribution >= 0.6 is 23.2 Å². The molecule has 0 saturated carbocycles. The molecule has 2 aromatic rings. The van der Waals surface area contributed by atoms with Gasteiger partial charge in [-0.2, -0.15) is 0 Å². The quantitative estimate of drug-likeness (QED) is 0.921. The normalized spacial score (nSPS) is 12.4. The molecule has 0 bridgehead atoms. The first-order valence-corrected chi connectivity index (χ1v) is 5.95. The fourth-order valence-electron chi connectivity index (χ4n) is 1.57. The molecule has 1 atom stereocenters. The number of nitrogens with zero attached hydrogens (tertiary/aromatic N) is 1. The first-order chi connectivity index (χ1) is 8.16. The third-order valence-corrected chi connectivity index (χ3v) is 2.99. The molecule has 1 unspecified atom stereocenters. The van der Waals surface area contributed by atoms with E-state index in [0.717, 1.165) is 5.56 Å². The van der Waals surface area contributed by atoms with Gasteiger partial charge in [0, 0.05) is 12.6 Å². The van der Waals surface area contributed by atoms with Gasteiger partial charge in [0.15, 0.2) is 0 Å². The summed E-state index contributed by atoms with van der Waals surface area (Å²) in [6, 6.07) is 11.0. The summed E-state index contributed by atoms with van der Waals surface area (Å²) in [7, 11) is 0. The van der Waals surface area contributed by atoms with Crippen LogP contribution in [-0.4, -0.2) is 10.1 Å². The summed E-state index contributed by atoms with van der Waals surface area (Å²) in [5, 5.41) is 11.0. The summed E-state index contributed by atoms with van der Waals surface area (Å²) in [5.41, 5.74) is 1.49. The Morgan fingerprint density at radius 1 is 1.18 bits per heavy atom. The maximum absolute atomic E-state index is 10.0. The van der Waals surface area contributed by atoms with Crippen LogP contribution in [-0.2, 0) is 6.42 Å². The van der Waals surface area contributed by atoms with Gasteiger partial charge in [0.1, 0.15) is 0 Å². The SMILES string of the molecule is OC(Cc1ncc(Cl)cc1Cl)c1ccccc1. The maximum atomic E-state index is 10.0. The van der Waals surface area contributed by atoms with Gasteiger partial charge in [0.2, 0.25) is 0 Å². The lowest BCUT2D eigenvalue weighted by Crippen LogP contribution is -2.03. The van der Waals surface area contributed by atoms with E-state index in [1.165, 1.54) is 6.20 Å². The van der Waals surface area contributed by atoms with E-state index in [4.69, 9.17) is 23.2 Å². The number of pyridine rings is 1. The Morgan fingerprint density at radius 3 is 2.53 bits per heavy atom. The van der Waals surface area contributed by atoms with E-state index >= 15 is 0 Å². The van der Waals surface area contributed by atoms with Gasteiger partial charge in [-0.25, -0.2) is 0 Å². The average Bonchev–Trinajstić information content (AvgIpc) is 2.34. The first kappa shape index (κ1) is 12.4. The van der Waals surface area contributed by atoms with Gasteiger partial charge >= 0.3 is 0 Å². The Labute approximate surface area is 110 Å². The van der Waals surface area contributed by atoms with E-state index in [1.54, 1.807) is 6.07 Å². The van der Waals surface area contributed by atoms with Crippen molar-refractivity contribution in [1.29, 1.82) is 0 Å². The van der Waals surface area contributed by atoms with Crippen LogP contribution in [0.15, 0.2) is 42.6 Å². The first-order valence-electron chi connectivity index (χ1n) is 5.20. The molecule has 2 rings (SSSR count). The van der Waals surface area contributed by atoms with E-state index in [-0.39, 0.29) is 0 Å². The number of hydrogen-bond acceptors (Lipinski definition) is 2. The highest BCUT2D eigenvalue weighted by Crippen LogP contribution is 2.23. The summed E-state index contributed by atoms with van der Waals surface area (Å²) in [5.74, 6) is 0. The molecule has 1 aromatic heterocycles. The molecule has 0 fully saturated rings. The fourth-order valence-corrected chi connectivity index (χ4v) is 2.03. The summed E-state index contributed by atoms with van der Waals surface area (Å²) in [6.45, 7) is 0. The van der Waals surface area contributed by atoms with Crippen LogP contribution in [0, 0.1) is 0 Å². The molecule has 0 spiro atoms. The third-order valence-electron chi connectivity index (χ3n) is 2.46. The van der Waals surface area contributed by atoms with Gasteiger partial charge in [0.05, 0.1) is 21.8 Å². The number of hydrogen-bond donors (Lipinski definition) is 1. The molecular formula is C13H11Cl2NO. The van der Waals surface area contributed by atoms with E-state index in [9.17, 15) is 5.11 Å². The highest BCUT2D eigenvalue weighted by molar-refractivity contribution is 6.34. The second-order valence-electron chi connectivity index (χ2n) is 3.71. The molecule has 0 aliphatic rings. The molecule has 0 aliphatic carbocycles. The van der Waals surface area contributed by atoms with Crippen molar-refractivity contribution in [3.63, 3.8) is 0 Å². The Balaban J connectivity index is 2.16. The smallest absolute Gasteiger partial charge is 0.0846 e. The molecule has 88 valence electrons. The predicted molar refractivity (Wildman–Crippen MR) is 69.4 cm³/mol. The van der Waals surface area contributed by atoms with Crippen molar-refractivity contribution >= 4 is 23.2 Å². The van der Waals surface area contributed by atoms with Gasteiger partial charge < -0.3 is 5.11 Å². The molecule has 0 amide bonds. The Kier molecular flexibility index (Phi) is 4.00. The minimum absolute atomic E-state index is 0.375. The predicted octanol–water partition coefficient (Wildman–Crippen LogP) is 3.66. The number of aliphatic hydroxyl groups is 1. The van der Waals surface area contributed by atoms with E-state index < -0.39 is 6.10 Å². The standard InChI is InChI=1S/C13H11Cl2NO/c14-10-6-11(15)12(16-8-10)7-13(17)9-4-2-1-3-5-9/h1-6,8,13,17H,7H2. The number of aliphatic hydroxyl groups excluding tert-OH is 1. The molecule has 1 N–H and O–H groups in total. The second-order valence-corrected chi connectivity index (χ2v) is 4.56. The molecule has 1 aromatic carbocycles. The van der Waals surface area contributed by atoms with Crippen LogP contribution in [0.2, 0.25) is 10.0 Å². The van der Waals surface area contributed by atoms with Gasteiger partial charge in [-0.05, 0) is 11.6 Å². The average molecular weight is 268 g/mol. The Hall–Kier alpha value is -1.09. The number of halogens is 2. The Bertz CT molecular complexity index is 502. The second kappa shape index (κ2) is 5.50. The van der Waals surface area contributed by atoms with Gasteiger partial charge in [-0.15, -0.1) is 0 Å². The number of benzene rings is 1. The lowest BCUT2D eigenvalue weighted by atomic mass is 10.0. The lowest BCUT2D eigenvalue weighted by molar-refractivity contribution is 0.177. The van der Waals surface area contributed by atoms with Crippen LogP contribution in [0.3, 0.4) is 0 Å². The zero-order valence-electron chi connectivity index (χ0n) is 8.98. The highest BCUT2D eigenvalue weighted by Gasteiger charge is 2.11. The van der Waals surface area contributed by atoms with Crippen LogP contribution < -0.4 is 0 Å². The minimum Gasteiger partial charge on any atom is -0.388 e. The maximum Gasteiger partial charge on any atom is 0.0846 e. The summed E-state index contributed by atoms with van der Waals surface area (Å²) in [6.07, 6.45) is 1.29. The van der Waals surface area contributed by atoms with E-state index in [0.29, 0.717) is 22.2 Å². The minimum atomic E-state index is -0.609. The van der Waals surface area contributed by atoms with Crippen LogP contribution in [0.4, 0.5) is 0 Å². The molecular weight excluding hydrogens is 257 g/mol. The van der Waals surface area contributed by atoms with Gasteiger partial charge in [-0.3, -0.25) is 4.98 Å². The summed E-state index contributed by atoms with van der Waals surface area (Å²) >= 11 is 11.8. The summed E-state index contributed by atoms with van der Waals surface area (Å²) in [4.78, 5) is 4.12. The molecule has 0 saturated heterocycles. The van der Waals surface area contributed by atoms with Crippen molar-refractivity contribution in [1.82, 2.24) is 4.98 Å². The van der Waals surface area contributed by atoms with Crippen molar-refractivity contribution in [2.24, 2.45) is 0 Å². The molecule has 0 aliphatic heterocycles. The van der Waals surface area contributed by atoms with Crippen LogP contribution in [0.25, 0.3) is 0 Å². The monoisotopic (exact) mass is 267 g/mol. The fraction of sp³-hybridized carbons (Fsp3) is 0.154. The van der Waals surface area contributed by atoms with E-state index in [1.807, 2.05) is 30.3 Å². The van der Waals surface area contributed by atoms with E-state index in [2.05, 4.69) is 4.98 Å². The molecule has 2 nitrogen and oxygen atoms in total. The molecule has 17 heavy (non-hydrogen) atoms. The summed E-state index contributed by atoms with van der Waals surface area (Å²) < 4.78 is 0. The van der Waals surface area contributed by atoms with Crippen molar-refractivity contribution in [3.8, 4) is 0 Å². The van der Waals surface area contributed by atoms with Crippen LogP contribution in [0.1, 0.15) is 17.4 Å². The number of aromatic nitrogens is 1. The molecule has 4 heteroatoms. The highest BCUT2D eigenvalue weighted by atomic mass is 35.5.